The molecule has 1 aromatic carbocycles. The van der Waals surface area contributed by atoms with E-state index in [1.54, 1.807) is 18.4 Å². The third kappa shape index (κ3) is 6.02. The SMILES string of the molecule is CN=C(NCc1cccc(CN2CCOC(C)C2)c1)NCc1nc(C)c(C)s1. The van der Waals surface area contributed by atoms with Crippen molar-refractivity contribution < 1.29 is 4.74 Å². The number of aryl methyl sites for hydroxylation is 2. The third-order valence-electron chi connectivity index (χ3n) is 4.89. The van der Waals surface area contributed by atoms with Crippen molar-refractivity contribution >= 4 is 17.3 Å². The van der Waals surface area contributed by atoms with Gasteiger partial charge in [-0.3, -0.25) is 9.89 Å². The van der Waals surface area contributed by atoms with Crippen LogP contribution in [-0.4, -0.2) is 48.7 Å². The summed E-state index contributed by atoms with van der Waals surface area (Å²) in [7, 11) is 1.80. The first-order chi connectivity index (χ1) is 13.5. The number of guanidine groups is 1. The van der Waals surface area contributed by atoms with E-state index in [1.807, 2.05) is 6.92 Å². The maximum Gasteiger partial charge on any atom is 0.191 e. The van der Waals surface area contributed by atoms with Crippen molar-refractivity contribution in [3.05, 3.63) is 51.0 Å². The Morgan fingerprint density at radius 3 is 2.79 bits per heavy atom. The Labute approximate surface area is 172 Å². The molecule has 0 radical (unpaired) electrons. The van der Waals surface area contributed by atoms with Crippen molar-refractivity contribution in [1.82, 2.24) is 20.5 Å². The Kier molecular flexibility index (Phi) is 7.42. The first-order valence-corrected chi connectivity index (χ1v) is 10.6. The van der Waals surface area contributed by atoms with Gasteiger partial charge in [0.1, 0.15) is 5.01 Å². The highest BCUT2D eigenvalue weighted by molar-refractivity contribution is 7.11. The van der Waals surface area contributed by atoms with Crippen molar-refractivity contribution in [3.63, 3.8) is 0 Å². The molecule has 152 valence electrons. The summed E-state index contributed by atoms with van der Waals surface area (Å²) in [6, 6.07) is 8.75. The van der Waals surface area contributed by atoms with Gasteiger partial charge in [-0.15, -0.1) is 11.3 Å². The van der Waals surface area contributed by atoms with Crippen molar-refractivity contribution in [2.75, 3.05) is 26.7 Å². The second-order valence-corrected chi connectivity index (χ2v) is 8.55. The Hall–Kier alpha value is -1.96. The molecule has 0 saturated carbocycles. The summed E-state index contributed by atoms with van der Waals surface area (Å²) < 4.78 is 5.63. The van der Waals surface area contributed by atoms with Crippen molar-refractivity contribution in [2.45, 2.75) is 46.5 Å². The molecule has 1 aromatic heterocycles. The second kappa shape index (κ2) is 10.0. The number of benzene rings is 1. The van der Waals surface area contributed by atoms with Crippen molar-refractivity contribution in [3.8, 4) is 0 Å². The number of hydrogen-bond acceptors (Lipinski definition) is 5. The quantitative estimate of drug-likeness (QED) is 0.576. The second-order valence-electron chi connectivity index (χ2n) is 7.26. The molecule has 1 aliphatic heterocycles. The maximum atomic E-state index is 5.63. The summed E-state index contributed by atoms with van der Waals surface area (Å²) in [5.74, 6) is 0.790. The van der Waals surface area contributed by atoms with E-state index in [-0.39, 0.29) is 0 Å². The molecule has 7 heteroatoms. The van der Waals surface area contributed by atoms with Gasteiger partial charge in [-0.25, -0.2) is 4.98 Å². The van der Waals surface area contributed by atoms with Gasteiger partial charge in [0.2, 0.25) is 0 Å². The van der Waals surface area contributed by atoms with Gasteiger partial charge in [0.05, 0.1) is 24.9 Å². The maximum absolute atomic E-state index is 5.63. The molecule has 1 aliphatic rings. The van der Waals surface area contributed by atoms with E-state index < -0.39 is 0 Å². The molecule has 3 rings (SSSR count). The normalized spacial score (nSPS) is 18.3. The molecular formula is C21H31N5OS. The van der Waals surface area contributed by atoms with E-state index in [4.69, 9.17) is 4.74 Å². The van der Waals surface area contributed by atoms with Crippen LogP contribution in [0.25, 0.3) is 0 Å². The fourth-order valence-electron chi connectivity index (χ4n) is 3.31. The smallest absolute Gasteiger partial charge is 0.191 e. The van der Waals surface area contributed by atoms with Gasteiger partial charge in [0, 0.05) is 38.1 Å². The number of morpholine rings is 1. The minimum Gasteiger partial charge on any atom is -0.376 e. The van der Waals surface area contributed by atoms with Crippen LogP contribution in [-0.2, 0) is 24.4 Å². The molecule has 1 atom stereocenters. The number of rotatable bonds is 6. The van der Waals surface area contributed by atoms with Gasteiger partial charge in [0.25, 0.3) is 0 Å². The first kappa shape index (κ1) is 20.8. The predicted molar refractivity (Wildman–Crippen MR) is 116 cm³/mol. The van der Waals surface area contributed by atoms with Crippen LogP contribution in [0, 0.1) is 13.8 Å². The third-order valence-corrected chi connectivity index (χ3v) is 5.96. The summed E-state index contributed by atoms with van der Waals surface area (Å²) in [5, 5.41) is 7.83. The van der Waals surface area contributed by atoms with Crippen LogP contribution in [0.4, 0.5) is 0 Å². The summed E-state index contributed by atoms with van der Waals surface area (Å²) in [4.78, 5) is 12.6. The molecule has 1 saturated heterocycles. The minimum atomic E-state index is 0.318. The number of aliphatic imine (C=N–C) groups is 1. The van der Waals surface area contributed by atoms with Crippen molar-refractivity contribution in [1.29, 1.82) is 0 Å². The van der Waals surface area contributed by atoms with Crippen LogP contribution in [0.15, 0.2) is 29.3 Å². The lowest BCUT2D eigenvalue weighted by Crippen LogP contribution is -2.40. The monoisotopic (exact) mass is 401 g/mol. The van der Waals surface area contributed by atoms with Crippen molar-refractivity contribution in [2.24, 2.45) is 4.99 Å². The van der Waals surface area contributed by atoms with Gasteiger partial charge in [-0.1, -0.05) is 24.3 Å². The standard InChI is InChI=1S/C21H31N5OS/c1-15-13-26(8-9-27-15)14-19-7-5-6-18(10-19)11-23-21(22-4)24-12-20-25-16(2)17(3)28-20/h5-7,10,15H,8-9,11-14H2,1-4H3,(H2,22,23,24). The number of thiazole rings is 1. The number of nitrogens with zero attached hydrogens (tertiary/aromatic N) is 3. The summed E-state index contributed by atoms with van der Waals surface area (Å²) in [5.41, 5.74) is 3.70. The van der Waals surface area contributed by atoms with Crippen LogP contribution in [0.5, 0.6) is 0 Å². The average Bonchev–Trinajstić information content (AvgIpc) is 3.00. The molecule has 0 bridgehead atoms. The van der Waals surface area contributed by atoms with E-state index in [0.717, 1.165) is 49.4 Å². The van der Waals surface area contributed by atoms with Gasteiger partial charge in [-0.2, -0.15) is 0 Å². The largest absolute Gasteiger partial charge is 0.376 e. The van der Waals surface area contributed by atoms with E-state index in [0.29, 0.717) is 12.6 Å². The highest BCUT2D eigenvalue weighted by Crippen LogP contribution is 2.16. The Morgan fingerprint density at radius 1 is 1.29 bits per heavy atom. The Bertz CT molecular complexity index is 784. The lowest BCUT2D eigenvalue weighted by molar-refractivity contribution is -0.0212. The Morgan fingerprint density at radius 2 is 2.07 bits per heavy atom. The van der Waals surface area contributed by atoms with E-state index in [9.17, 15) is 0 Å². The predicted octanol–water partition coefficient (Wildman–Crippen LogP) is 2.85. The van der Waals surface area contributed by atoms with Crippen LogP contribution >= 0.6 is 11.3 Å². The molecule has 2 N–H and O–H groups in total. The molecule has 6 nitrogen and oxygen atoms in total. The number of nitrogens with one attached hydrogen (secondary N) is 2. The van der Waals surface area contributed by atoms with E-state index in [2.05, 4.69) is 63.6 Å². The minimum absolute atomic E-state index is 0.318. The topological polar surface area (TPSA) is 61.8 Å². The lowest BCUT2D eigenvalue weighted by Gasteiger charge is -2.31. The van der Waals surface area contributed by atoms with Gasteiger partial charge in [-0.05, 0) is 31.9 Å². The summed E-state index contributed by atoms with van der Waals surface area (Å²) in [6.45, 7) is 11.5. The number of hydrogen-bond donors (Lipinski definition) is 2. The van der Waals surface area contributed by atoms with Gasteiger partial charge in [0.15, 0.2) is 5.96 Å². The molecule has 1 fully saturated rings. The molecule has 2 aromatic rings. The zero-order valence-corrected chi connectivity index (χ0v) is 18.1. The fraction of sp³-hybridized carbons (Fsp3) is 0.524. The molecule has 2 heterocycles. The van der Waals surface area contributed by atoms with Crippen LogP contribution < -0.4 is 10.6 Å². The molecule has 0 aliphatic carbocycles. The molecule has 0 amide bonds. The molecule has 28 heavy (non-hydrogen) atoms. The fourth-order valence-corrected chi connectivity index (χ4v) is 4.18. The zero-order chi connectivity index (χ0) is 19.9. The van der Waals surface area contributed by atoms with Gasteiger partial charge < -0.3 is 15.4 Å². The van der Waals surface area contributed by atoms with E-state index >= 15 is 0 Å². The Balaban J connectivity index is 1.50. The molecule has 1 unspecified atom stereocenters. The van der Waals surface area contributed by atoms with E-state index in [1.165, 1.54) is 16.0 Å². The summed E-state index contributed by atoms with van der Waals surface area (Å²) >= 11 is 1.73. The van der Waals surface area contributed by atoms with Crippen LogP contribution in [0.3, 0.4) is 0 Å². The molecular weight excluding hydrogens is 370 g/mol. The number of aromatic nitrogens is 1. The average molecular weight is 402 g/mol. The highest BCUT2D eigenvalue weighted by Gasteiger charge is 2.16. The summed E-state index contributed by atoms with van der Waals surface area (Å²) in [6.07, 6.45) is 0.318. The van der Waals surface area contributed by atoms with Gasteiger partial charge >= 0.3 is 0 Å². The molecule has 0 spiro atoms. The highest BCUT2D eigenvalue weighted by atomic mass is 32.1. The first-order valence-electron chi connectivity index (χ1n) is 9.82. The zero-order valence-electron chi connectivity index (χ0n) is 17.3. The van der Waals surface area contributed by atoms with Crippen LogP contribution in [0.2, 0.25) is 0 Å². The van der Waals surface area contributed by atoms with Crippen LogP contribution in [0.1, 0.15) is 33.6 Å². The number of ether oxygens (including phenoxy) is 1. The lowest BCUT2D eigenvalue weighted by atomic mass is 10.1.